The van der Waals surface area contributed by atoms with Gasteiger partial charge in [0.25, 0.3) is 0 Å². The van der Waals surface area contributed by atoms with Crippen LogP contribution in [0.4, 0.5) is 11.4 Å². The average molecular weight is 430 g/mol. The van der Waals surface area contributed by atoms with E-state index < -0.39 is 0 Å². The zero-order valence-electron chi connectivity index (χ0n) is 16.7. The van der Waals surface area contributed by atoms with Gasteiger partial charge in [-0.1, -0.05) is 47.6 Å². The molecule has 3 rings (SSSR count). The molecule has 0 unspecified atom stereocenters. The number of aryl methyl sites for hydroxylation is 1. The number of hydrogen-bond donors (Lipinski definition) is 2. The smallest absolute Gasteiger partial charge is 0.234 e. The molecule has 152 valence electrons. The molecule has 29 heavy (non-hydrogen) atoms. The van der Waals surface area contributed by atoms with Gasteiger partial charge >= 0.3 is 0 Å². The molecule has 3 aromatic rings. The van der Waals surface area contributed by atoms with Gasteiger partial charge in [-0.25, -0.2) is 0 Å². The zero-order valence-corrected chi connectivity index (χ0v) is 18.3. The summed E-state index contributed by atoms with van der Waals surface area (Å²) in [6.45, 7) is 7.28. The molecule has 2 aromatic carbocycles. The largest absolute Gasteiger partial charge is 0.377 e. The molecule has 1 amide bonds. The second-order valence-electron chi connectivity index (χ2n) is 6.56. The van der Waals surface area contributed by atoms with Crippen molar-refractivity contribution in [1.82, 2.24) is 14.8 Å². The third kappa shape index (κ3) is 5.31. The maximum atomic E-state index is 12.4. The Morgan fingerprint density at radius 2 is 1.86 bits per heavy atom. The Labute approximate surface area is 180 Å². The van der Waals surface area contributed by atoms with Gasteiger partial charge in [0.05, 0.1) is 23.0 Å². The zero-order chi connectivity index (χ0) is 20.8. The third-order valence-corrected chi connectivity index (χ3v) is 5.93. The van der Waals surface area contributed by atoms with Crippen LogP contribution in [0.15, 0.2) is 47.6 Å². The van der Waals surface area contributed by atoms with Crippen LogP contribution in [0.2, 0.25) is 5.02 Å². The number of halogens is 1. The molecule has 0 aliphatic rings. The summed E-state index contributed by atoms with van der Waals surface area (Å²) < 4.78 is 2.00. The number of carbonyl (C=O) groups is 1. The molecule has 0 saturated carbocycles. The molecule has 6 nitrogen and oxygen atoms in total. The van der Waals surface area contributed by atoms with Crippen LogP contribution < -0.4 is 10.6 Å². The minimum Gasteiger partial charge on any atom is -0.377 e. The van der Waals surface area contributed by atoms with Gasteiger partial charge < -0.3 is 15.2 Å². The van der Waals surface area contributed by atoms with Gasteiger partial charge in [-0.15, -0.1) is 10.2 Å². The first-order valence-corrected chi connectivity index (χ1v) is 10.7. The highest BCUT2D eigenvalue weighted by molar-refractivity contribution is 7.99. The number of aromatic nitrogens is 3. The van der Waals surface area contributed by atoms with Crippen molar-refractivity contribution in [3.63, 3.8) is 0 Å². The highest BCUT2D eigenvalue weighted by Gasteiger charge is 2.14. The molecule has 0 aliphatic heterocycles. The third-order valence-electron chi connectivity index (χ3n) is 4.63. The van der Waals surface area contributed by atoms with Gasteiger partial charge in [-0.3, -0.25) is 4.79 Å². The fraction of sp³-hybridized carbons (Fsp3) is 0.286. The van der Waals surface area contributed by atoms with E-state index >= 15 is 0 Å². The van der Waals surface area contributed by atoms with Crippen molar-refractivity contribution in [3.8, 4) is 0 Å². The second-order valence-corrected chi connectivity index (χ2v) is 7.91. The lowest BCUT2D eigenvalue weighted by molar-refractivity contribution is -0.113. The molecule has 0 saturated heterocycles. The molecule has 8 heteroatoms. The Morgan fingerprint density at radius 1 is 1.10 bits per heavy atom. The number of nitrogens with zero attached hydrogens (tertiary/aromatic N) is 3. The van der Waals surface area contributed by atoms with E-state index in [0.717, 1.165) is 33.5 Å². The Bertz CT molecular complexity index is 1000. The van der Waals surface area contributed by atoms with Crippen LogP contribution in [0.1, 0.15) is 23.9 Å². The summed E-state index contributed by atoms with van der Waals surface area (Å²) in [6.07, 6.45) is 0. The fourth-order valence-corrected chi connectivity index (χ4v) is 3.88. The first-order valence-electron chi connectivity index (χ1n) is 9.39. The van der Waals surface area contributed by atoms with Gasteiger partial charge in [0.1, 0.15) is 0 Å². The minimum absolute atomic E-state index is 0.0647. The maximum absolute atomic E-state index is 12.4. The molecule has 1 heterocycles. The first-order chi connectivity index (χ1) is 14.0. The minimum atomic E-state index is -0.0647. The number of carbonyl (C=O) groups excluding carboxylic acids is 1. The topological polar surface area (TPSA) is 71.8 Å². The summed E-state index contributed by atoms with van der Waals surface area (Å²) in [5, 5.41) is 16.2. The fourth-order valence-electron chi connectivity index (χ4n) is 2.86. The number of benzene rings is 2. The van der Waals surface area contributed by atoms with Gasteiger partial charge in [-0.2, -0.15) is 0 Å². The Kier molecular flexibility index (Phi) is 7.17. The van der Waals surface area contributed by atoms with Gasteiger partial charge in [-0.05, 0) is 50.1 Å². The van der Waals surface area contributed by atoms with Crippen molar-refractivity contribution in [2.75, 3.05) is 16.4 Å². The van der Waals surface area contributed by atoms with E-state index in [1.54, 1.807) is 0 Å². The van der Waals surface area contributed by atoms with Gasteiger partial charge in [0.2, 0.25) is 5.91 Å². The van der Waals surface area contributed by atoms with Crippen molar-refractivity contribution >= 4 is 40.6 Å². The number of thioether (sulfide) groups is 1. The summed E-state index contributed by atoms with van der Waals surface area (Å²) in [6, 6.07) is 13.5. The SMILES string of the molecule is CCn1c(CNc2ccccc2Cl)nnc1SCC(=O)Nc1cccc(C)c1C. The number of nitrogens with one attached hydrogen (secondary N) is 2. The molecular weight excluding hydrogens is 406 g/mol. The van der Waals surface area contributed by atoms with E-state index in [0.29, 0.717) is 18.1 Å². The second kappa shape index (κ2) is 9.80. The van der Waals surface area contributed by atoms with E-state index in [1.807, 2.05) is 67.8 Å². The Hall–Kier alpha value is -2.51. The Balaban J connectivity index is 1.60. The number of amides is 1. The van der Waals surface area contributed by atoms with Crippen LogP contribution in [0.3, 0.4) is 0 Å². The van der Waals surface area contributed by atoms with Crippen molar-refractivity contribution < 1.29 is 4.79 Å². The molecule has 0 radical (unpaired) electrons. The van der Waals surface area contributed by atoms with Crippen LogP contribution >= 0.6 is 23.4 Å². The standard InChI is InChI=1S/C21H24ClN5OS/c1-4-27-19(12-23-18-10-6-5-9-16(18)22)25-26-21(27)29-13-20(28)24-17-11-7-8-14(2)15(17)3/h5-11,23H,4,12-13H2,1-3H3,(H,24,28). The Morgan fingerprint density at radius 3 is 2.62 bits per heavy atom. The molecule has 0 spiro atoms. The van der Waals surface area contributed by atoms with Crippen molar-refractivity contribution in [2.45, 2.75) is 39.0 Å². The summed E-state index contributed by atoms with van der Waals surface area (Å²) in [4.78, 5) is 12.4. The van der Waals surface area contributed by atoms with Crippen LogP contribution in [0.5, 0.6) is 0 Å². The monoisotopic (exact) mass is 429 g/mol. The highest BCUT2D eigenvalue weighted by atomic mass is 35.5. The summed E-state index contributed by atoms with van der Waals surface area (Å²) in [5.41, 5.74) is 3.92. The van der Waals surface area contributed by atoms with E-state index in [9.17, 15) is 4.79 Å². The van der Waals surface area contributed by atoms with Gasteiger partial charge in [0.15, 0.2) is 11.0 Å². The average Bonchev–Trinajstić information content (AvgIpc) is 3.11. The van der Waals surface area contributed by atoms with Crippen molar-refractivity contribution in [3.05, 3.63) is 64.4 Å². The van der Waals surface area contributed by atoms with Crippen molar-refractivity contribution in [2.24, 2.45) is 0 Å². The predicted octanol–water partition coefficient (Wildman–Crippen LogP) is 4.91. The van der Waals surface area contributed by atoms with E-state index in [2.05, 4.69) is 20.8 Å². The van der Waals surface area contributed by atoms with Crippen LogP contribution in [0, 0.1) is 13.8 Å². The first kappa shape index (κ1) is 21.2. The number of hydrogen-bond acceptors (Lipinski definition) is 5. The lowest BCUT2D eigenvalue weighted by atomic mass is 10.1. The van der Waals surface area contributed by atoms with E-state index in [-0.39, 0.29) is 11.7 Å². The van der Waals surface area contributed by atoms with E-state index in [1.165, 1.54) is 11.8 Å². The normalized spacial score (nSPS) is 10.8. The number of rotatable bonds is 8. The molecule has 1 aromatic heterocycles. The lowest BCUT2D eigenvalue weighted by Gasteiger charge is -2.11. The summed E-state index contributed by atoms with van der Waals surface area (Å²) in [7, 11) is 0. The van der Waals surface area contributed by atoms with Gasteiger partial charge in [0, 0.05) is 12.2 Å². The summed E-state index contributed by atoms with van der Waals surface area (Å²) in [5.74, 6) is 0.999. The highest BCUT2D eigenvalue weighted by Crippen LogP contribution is 2.23. The number of anilines is 2. The molecule has 0 bridgehead atoms. The molecule has 0 atom stereocenters. The lowest BCUT2D eigenvalue weighted by Crippen LogP contribution is -2.16. The van der Waals surface area contributed by atoms with Crippen LogP contribution in [-0.4, -0.2) is 26.4 Å². The predicted molar refractivity (Wildman–Crippen MR) is 120 cm³/mol. The maximum Gasteiger partial charge on any atom is 0.234 e. The summed E-state index contributed by atoms with van der Waals surface area (Å²) >= 11 is 7.57. The molecule has 2 N–H and O–H groups in total. The van der Waals surface area contributed by atoms with Crippen LogP contribution in [0.25, 0.3) is 0 Å². The number of para-hydroxylation sites is 1. The quantitative estimate of drug-likeness (QED) is 0.498. The molecule has 0 aliphatic carbocycles. The molecular formula is C21H24ClN5OS. The molecule has 0 fully saturated rings. The van der Waals surface area contributed by atoms with Crippen molar-refractivity contribution in [1.29, 1.82) is 0 Å². The van der Waals surface area contributed by atoms with E-state index in [4.69, 9.17) is 11.6 Å². The van der Waals surface area contributed by atoms with Crippen LogP contribution in [-0.2, 0) is 17.9 Å².